The minimum atomic E-state index is 0.581. The smallest absolute Gasteiger partial charge is 0.153 e. The Balaban J connectivity index is 3.47. The number of benzene rings is 1. The van der Waals surface area contributed by atoms with Crippen LogP contribution in [0.25, 0.3) is 0 Å². The van der Waals surface area contributed by atoms with Crippen LogP contribution in [0.5, 0.6) is 5.75 Å². The second-order valence-corrected chi connectivity index (χ2v) is 3.67. The maximum Gasteiger partial charge on any atom is 0.153 e. The number of methoxy groups -OCH3 is 1. The molecule has 0 bridgehead atoms. The molecule has 1 rings (SSSR count). The topological polar surface area (TPSA) is 26.3 Å². The highest BCUT2D eigenvalue weighted by Gasteiger charge is 2.11. The van der Waals surface area contributed by atoms with Crippen LogP contribution in [0.15, 0.2) is 10.5 Å². The van der Waals surface area contributed by atoms with E-state index in [9.17, 15) is 4.79 Å². The van der Waals surface area contributed by atoms with Gasteiger partial charge in [0.1, 0.15) is 5.75 Å². The molecule has 70 valence electrons. The lowest BCUT2D eigenvalue weighted by Crippen LogP contribution is -1.95. The van der Waals surface area contributed by atoms with Crippen LogP contribution in [0, 0.1) is 13.8 Å². The van der Waals surface area contributed by atoms with Gasteiger partial charge in [0.05, 0.1) is 17.1 Å². The van der Waals surface area contributed by atoms with Gasteiger partial charge in [0.2, 0.25) is 0 Å². The molecule has 3 heteroatoms. The Morgan fingerprint density at radius 1 is 1.46 bits per heavy atom. The molecule has 13 heavy (non-hydrogen) atoms. The van der Waals surface area contributed by atoms with Crippen molar-refractivity contribution in [1.82, 2.24) is 0 Å². The Kier molecular flexibility index (Phi) is 3.09. The minimum absolute atomic E-state index is 0.581. The third-order valence-electron chi connectivity index (χ3n) is 2.09. The van der Waals surface area contributed by atoms with E-state index >= 15 is 0 Å². The van der Waals surface area contributed by atoms with Gasteiger partial charge in [0.25, 0.3) is 0 Å². The van der Waals surface area contributed by atoms with E-state index in [1.54, 1.807) is 7.11 Å². The SMILES string of the molecule is COc1c(C=O)cc(C)c(C)c1Br. The Bertz CT molecular complexity index is 345. The van der Waals surface area contributed by atoms with Crippen molar-refractivity contribution in [1.29, 1.82) is 0 Å². The number of carbonyl (C=O) groups is 1. The van der Waals surface area contributed by atoms with E-state index in [-0.39, 0.29) is 0 Å². The average Bonchev–Trinajstić information content (AvgIpc) is 2.13. The zero-order valence-electron chi connectivity index (χ0n) is 7.85. The second kappa shape index (κ2) is 3.92. The normalized spacial score (nSPS) is 9.85. The van der Waals surface area contributed by atoms with Crippen LogP contribution in [-0.2, 0) is 0 Å². The highest BCUT2D eigenvalue weighted by Crippen LogP contribution is 2.33. The number of halogens is 1. The zero-order chi connectivity index (χ0) is 10.0. The molecule has 0 radical (unpaired) electrons. The predicted molar refractivity (Wildman–Crippen MR) is 55.6 cm³/mol. The first-order valence-electron chi connectivity index (χ1n) is 3.90. The summed E-state index contributed by atoms with van der Waals surface area (Å²) >= 11 is 3.40. The van der Waals surface area contributed by atoms with Crippen molar-refractivity contribution in [3.8, 4) is 5.75 Å². The van der Waals surface area contributed by atoms with Crippen LogP contribution < -0.4 is 4.74 Å². The molecule has 2 nitrogen and oxygen atoms in total. The van der Waals surface area contributed by atoms with Crippen molar-refractivity contribution in [2.45, 2.75) is 13.8 Å². The van der Waals surface area contributed by atoms with Gasteiger partial charge in [-0.3, -0.25) is 4.79 Å². The van der Waals surface area contributed by atoms with Gasteiger partial charge in [-0.1, -0.05) is 0 Å². The molecule has 0 spiro atoms. The molecule has 0 aromatic heterocycles. The third kappa shape index (κ3) is 1.75. The van der Waals surface area contributed by atoms with E-state index in [1.165, 1.54) is 0 Å². The van der Waals surface area contributed by atoms with Gasteiger partial charge in [0.15, 0.2) is 6.29 Å². The summed E-state index contributed by atoms with van der Waals surface area (Å²) in [6, 6.07) is 1.83. The van der Waals surface area contributed by atoms with Crippen LogP contribution >= 0.6 is 15.9 Å². The monoisotopic (exact) mass is 242 g/mol. The molecule has 0 saturated heterocycles. The summed E-state index contributed by atoms with van der Waals surface area (Å²) in [6.07, 6.45) is 0.802. The van der Waals surface area contributed by atoms with Crippen LogP contribution in [0.4, 0.5) is 0 Å². The second-order valence-electron chi connectivity index (χ2n) is 2.87. The summed E-state index contributed by atoms with van der Waals surface area (Å²) in [6.45, 7) is 3.95. The van der Waals surface area contributed by atoms with Crippen molar-refractivity contribution in [2.24, 2.45) is 0 Å². The number of aryl methyl sites for hydroxylation is 1. The quantitative estimate of drug-likeness (QED) is 0.746. The fourth-order valence-corrected chi connectivity index (χ4v) is 1.88. The number of rotatable bonds is 2. The van der Waals surface area contributed by atoms with E-state index < -0.39 is 0 Å². The number of hydrogen-bond acceptors (Lipinski definition) is 2. The molecule has 0 aliphatic heterocycles. The molecular weight excluding hydrogens is 232 g/mol. The molecule has 0 aliphatic rings. The van der Waals surface area contributed by atoms with Gasteiger partial charge in [-0.25, -0.2) is 0 Å². The third-order valence-corrected chi connectivity index (χ3v) is 3.04. The first-order valence-corrected chi connectivity index (χ1v) is 4.70. The standard InChI is InChI=1S/C10H11BrO2/c1-6-4-8(5-12)10(13-3)9(11)7(6)2/h4-5H,1-3H3. The lowest BCUT2D eigenvalue weighted by atomic mass is 10.1. The molecule has 1 aromatic rings. The Labute approximate surface area is 86.0 Å². The maximum atomic E-state index is 10.7. The molecular formula is C10H11BrO2. The molecule has 0 unspecified atom stereocenters. The van der Waals surface area contributed by atoms with Gasteiger partial charge in [0, 0.05) is 0 Å². The van der Waals surface area contributed by atoms with Crippen LogP contribution in [0.3, 0.4) is 0 Å². The number of hydrogen-bond donors (Lipinski definition) is 0. The fraction of sp³-hybridized carbons (Fsp3) is 0.300. The average molecular weight is 243 g/mol. The molecule has 0 saturated carbocycles. The zero-order valence-corrected chi connectivity index (χ0v) is 9.44. The minimum Gasteiger partial charge on any atom is -0.495 e. The molecule has 0 amide bonds. The van der Waals surface area contributed by atoms with Crippen molar-refractivity contribution < 1.29 is 9.53 Å². The van der Waals surface area contributed by atoms with Gasteiger partial charge in [-0.2, -0.15) is 0 Å². The number of aldehydes is 1. The first-order chi connectivity index (χ1) is 6.11. The van der Waals surface area contributed by atoms with E-state index in [0.29, 0.717) is 11.3 Å². The summed E-state index contributed by atoms with van der Waals surface area (Å²) in [4.78, 5) is 10.7. The summed E-state index contributed by atoms with van der Waals surface area (Å²) in [5, 5.41) is 0. The summed E-state index contributed by atoms with van der Waals surface area (Å²) in [5.41, 5.74) is 2.76. The lowest BCUT2D eigenvalue weighted by Gasteiger charge is -2.10. The van der Waals surface area contributed by atoms with Crippen LogP contribution in [0.1, 0.15) is 21.5 Å². The van der Waals surface area contributed by atoms with E-state index in [2.05, 4.69) is 15.9 Å². The first kappa shape index (κ1) is 10.3. The van der Waals surface area contributed by atoms with E-state index in [0.717, 1.165) is 21.9 Å². The highest BCUT2D eigenvalue weighted by atomic mass is 79.9. The Hall–Kier alpha value is -0.830. The van der Waals surface area contributed by atoms with Gasteiger partial charge in [-0.05, 0) is 47.0 Å². The molecule has 0 N–H and O–H groups in total. The maximum absolute atomic E-state index is 10.7. The number of carbonyl (C=O) groups excluding carboxylic acids is 1. The largest absolute Gasteiger partial charge is 0.495 e. The summed E-state index contributed by atoms with van der Waals surface area (Å²) in [5.74, 6) is 0.609. The molecule has 0 atom stereocenters. The van der Waals surface area contributed by atoms with Gasteiger partial charge < -0.3 is 4.74 Å². The van der Waals surface area contributed by atoms with Crippen molar-refractivity contribution in [2.75, 3.05) is 7.11 Å². The highest BCUT2D eigenvalue weighted by molar-refractivity contribution is 9.10. The van der Waals surface area contributed by atoms with Crippen molar-refractivity contribution in [3.05, 3.63) is 27.2 Å². The summed E-state index contributed by atoms with van der Waals surface area (Å²) in [7, 11) is 1.56. The van der Waals surface area contributed by atoms with Crippen LogP contribution in [0.2, 0.25) is 0 Å². The molecule has 0 heterocycles. The van der Waals surface area contributed by atoms with Crippen molar-refractivity contribution in [3.63, 3.8) is 0 Å². The Morgan fingerprint density at radius 2 is 2.08 bits per heavy atom. The molecule has 0 fully saturated rings. The molecule has 0 aliphatic carbocycles. The van der Waals surface area contributed by atoms with Crippen LogP contribution in [-0.4, -0.2) is 13.4 Å². The van der Waals surface area contributed by atoms with Gasteiger partial charge >= 0.3 is 0 Å². The summed E-state index contributed by atoms with van der Waals surface area (Å²) < 4.78 is 5.98. The van der Waals surface area contributed by atoms with E-state index in [4.69, 9.17) is 4.74 Å². The molecule has 1 aromatic carbocycles. The Morgan fingerprint density at radius 3 is 2.54 bits per heavy atom. The predicted octanol–water partition coefficient (Wildman–Crippen LogP) is 2.89. The number of ether oxygens (including phenoxy) is 1. The lowest BCUT2D eigenvalue weighted by molar-refractivity contribution is 0.112. The fourth-order valence-electron chi connectivity index (χ4n) is 1.17. The van der Waals surface area contributed by atoms with Gasteiger partial charge in [-0.15, -0.1) is 0 Å². The van der Waals surface area contributed by atoms with E-state index in [1.807, 2.05) is 19.9 Å². The van der Waals surface area contributed by atoms with Crippen molar-refractivity contribution >= 4 is 22.2 Å².